The van der Waals surface area contributed by atoms with Crippen LogP contribution in [-0.4, -0.2) is 20.8 Å². The number of thiophene rings is 1. The van der Waals surface area contributed by atoms with E-state index in [0.29, 0.717) is 17.3 Å². The molecule has 0 aliphatic heterocycles. The lowest BCUT2D eigenvalue weighted by atomic mass is 10.3. The summed E-state index contributed by atoms with van der Waals surface area (Å²) in [6.45, 7) is 1.53. The van der Waals surface area contributed by atoms with Crippen molar-refractivity contribution in [3.05, 3.63) is 51.8 Å². The van der Waals surface area contributed by atoms with Gasteiger partial charge in [-0.05, 0) is 24.4 Å². The van der Waals surface area contributed by atoms with Crippen LogP contribution >= 0.6 is 11.3 Å². The van der Waals surface area contributed by atoms with E-state index < -0.39 is 5.91 Å². The Kier molecular flexibility index (Phi) is 3.84. The van der Waals surface area contributed by atoms with Gasteiger partial charge in [-0.2, -0.15) is 5.10 Å². The Balaban J connectivity index is 1.78. The van der Waals surface area contributed by atoms with Gasteiger partial charge in [0.1, 0.15) is 18.0 Å². The number of carbonyl (C=O) groups is 1. The Hall–Kier alpha value is -2.74. The van der Waals surface area contributed by atoms with Crippen LogP contribution in [0.2, 0.25) is 0 Å². The number of anilines is 1. The maximum atomic E-state index is 12.0. The molecule has 0 unspecified atom stereocenters. The molecular weight excluding hydrogens is 304 g/mol. The fourth-order valence-electron chi connectivity index (χ4n) is 1.86. The van der Waals surface area contributed by atoms with E-state index in [2.05, 4.69) is 15.6 Å². The minimum Gasteiger partial charge on any atom is -0.360 e. The van der Waals surface area contributed by atoms with Gasteiger partial charge in [-0.3, -0.25) is 9.59 Å². The molecule has 0 aromatic carbocycles. The molecule has 8 heteroatoms. The number of carbonyl (C=O) groups excluding carboxylic acids is 1. The Morgan fingerprint density at radius 2 is 2.27 bits per heavy atom. The van der Waals surface area contributed by atoms with Crippen LogP contribution < -0.4 is 10.9 Å². The second-order valence-electron chi connectivity index (χ2n) is 4.56. The second-order valence-corrected chi connectivity index (χ2v) is 5.51. The number of rotatable bonds is 4. The topological polar surface area (TPSA) is 90.0 Å². The SMILES string of the molecule is Cc1cc(NC(=O)Cn2nc(-c3cccs3)ccc2=O)no1. The van der Waals surface area contributed by atoms with Crippen LogP contribution in [0, 0.1) is 6.92 Å². The Labute approximate surface area is 129 Å². The quantitative estimate of drug-likeness (QED) is 0.794. The number of aromatic nitrogens is 3. The number of nitrogens with zero attached hydrogens (tertiary/aromatic N) is 3. The summed E-state index contributed by atoms with van der Waals surface area (Å²) in [4.78, 5) is 24.7. The lowest BCUT2D eigenvalue weighted by Crippen LogP contribution is -2.29. The lowest BCUT2D eigenvalue weighted by molar-refractivity contribution is -0.117. The van der Waals surface area contributed by atoms with Crippen molar-refractivity contribution in [1.29, 1.82) is 0 Å². The minimum atomic E-state index is -0.397. The molecule has 0 saturated carbocycles. The van der Waals surface area contributed by atoms with Crippen LogP contribution in [0.3, 0.4) is 0 Å². The standard InChI is InChI=1S/C14H12N4O3S/c1-9-7-12(17-21-9)15-13(19)8-18-14(20)5-4-10(16-18)11-3-2-6-22-11/h2-7H,8H2,1H3,(H,15,17,19). The molecule has 0 bridgehead atoms. The van der Waals surface area contributed by atoms with Gasteiger partial charge in [0.2, 0.25) is 5.91 Å². The molecule has 0 aliphatic rings. The van der Waals surface area contributed by atoms with Crippen molar-refractivity contribution in [3.8, 4) is 10.6 Å². The van der Waals surface area contributed by atoms with Gasteiger partial charge in [0.25, 0.3) is 5.56 Å². The van der Waals surface area contributed by atoms with Crippen LogP contribution in [0.15, 0.2) is 45.0 Å². The van der Waals surface area contributed by atoms with Crippen molar-refractivity contribution in [2.75, 3.05) is 5.32 Å². The normalized spacial score (nSPS) is 10.6. The monoisotopic (exact) mass is 316 g/mol. The summed E-state index contributed by atoms with van der Waals surface area (Å²) >= 11 is 1.51. The highest BCUT2D eigenvalue weighted by molar-refractivity contribution is 7.13. The molecule has 3 aromatic rings. The molecule has 3 aromatic heterocycles. The van der Waals surface area contributed by atoms with Gasteiger partial charge in [0.15, 0.2) is 5.82 Å². The van der Waals surface area contributed by atoms with Crippen LogP contribution in [0.25, 0.3) is 10.6 Å². The summed E-state index contributed by atoms with van der Waals surface area (Å²) in [7, 11) is 0. The van der Waals surface area contributed by atoms with Gasteiger partial charge < -0.3 is 9.84 Å². The zero-order valence-electron chi connectivity index (χ0n) is 11.6. The van der Waals surface area contributed by atoms with Crippen molar-refractivity contribution >= 4 is 23.1 Å². The molecule has 1 amide bonds. The molecule has 0 atom stereocenters. The average molecular weight is 316 g/mol. The summed E-state index contributed by atoms with van der Waals surface area (Å²) in [6, 6.07) is 8.44. The molecule has 3 heterocycles. The van der Waals surface area contributed by atoms with E-state index in [4.69, 9.17) is 4.52 Å². The molecule has 1 N–H and O–H groups in total. The maximum absolute atomic E-state index is 12.0. The van der Waals surface area contributed by atoms with E-state index in [9.17, 15) is 9.59 Å². The first-order valence-electron chi connectivity index (χ1n) is 6.47. The van der Waals surface area contributed by atoms with Gasteiger partial charge in [0, 0.05) is 12.1 Å². The molecule has 0 fully saturated rings. The van der Waals surface area contributed by atoms with Crippen LogP contribution in [0.1, 0.15) is 5.76 Å². The zero-order valence-corrected chi connectivity index (χ0v) is 12.5. The highest BCUT2D eigenvalue weighted by Crippen LogP contribution is 2.21. The van der Waals surface area contributed by atoms with Gasteiger partial charge in [0.05, 0.1) is 4.88 Å². The van der Waals surface area contributed by atoms with Gasteiger partial charge in [-0.1, -0.05) is 11.2 Å². The number of hydrogen-bond acceptors (Lipinski definition) is 6. The third-order valence-corrected chi connectivity index (χ3v) is 3.72. The average Bonchev–Trinajstić information content (AvgIpc) is 3.13. The summed E-state index contributed by atoms with van der Waals surface area (Å²) in [6.07, 6.45) is 0. The molecular formula is C14H12N4O3S. The summed E-state index contributed by atoms with van der Waals surface area (Å²) in [5, 5.41) is 12.4. The van der Waals surface area contributed by atoms with Gasteiger partial charge in [-0.15, -0.1) is 11.3 Å². The number of hydrogen-bond donors (Lipinski definition) is 1. The Morgan fingerprint density at radius 3 is 2.95 bits per heavy atom. The predicted molar refractivity (Wildman–Crippen MR) is 81.7 cm³/mol. The maximum Gasteiger partial charge on any atom is 0.267 e. The third kappa shape index (κ3) is 3.12. The van der Waals surface area contributed by atoms with Crippen molar-refractivity contribution in [2.45, 2.75) is 13.5 Å². The number of amides is 1. The van der Waals surface area contributed by atoms with Crippen LogP contribution in [0.5, 0.6) is 0 Å². The van der Waals surface area contributed by atoms with Crippen molar-refractivity contribution < 1.29 is 9.32 Å². The van der Waals surface area contributed by atoms with Gasteiger partial charge >= 0.3 is 0 Å². The molecule has 0 radical (unpaired) electrons. The summed E-state index contributed by atoms with van der Waals surface area (Å²) in [5.41, 5.74) is 0.312. The first-order valence-corrected chi connectivity index (χ1v) is 7.35. The second kappa shape index (κ2) is 5.94. The smallest absolute Gasteiger partial charge is 0.267 e. The highest BCUT2D eigenvalue weighted by Gasteiger charge is 2.10. The molecule has 112 valence electrons. The summed E-state index contributed by atoms with van der Waals surface area (Å²) in [5.74, 6) is 0.501. The lowest BCUT2D eigenvalue weighted by Gasteiger charge is -2.05. The Morgan fingerprint density at radius 1 is 1.41 bits per heavy atom. The predicted octanol–water partition coefficient (Wildman–Crippen LogP) is 1.91. The van der Waals surface area contributed by atoms with Crippen molar-refractivity contribution in [1.82, 2.24) is 14.9 Å². The first-order chi connectivity index (χ1) is 10.6. The Bertz CT molecular complexity index is 851. The summed E-state index contributed by atoms with van der Waals surface area (Å²) < 4.78 is 5.98. The molecule has 0 spiro atoms. The fourth-order valence-corrected chi connectivity index (χ4v) is 2.55. The first kappa shape index (κ1) is 14.2. The molecule has 3 rings (SSSR count). The van der Waals surface area contributed by atoms with E-state index in [1.54, 1.807) is 19.1 Å². The highest BCUT2D eigenvalue weighted by atomic mass is 32.1. The van der Waals surface area contributed by atoms with E-state index in [0.717, 1.165) is 9.56 Å². The van der Waals surface area contributed by atoms with E-state index in [1.807, 2.05) is 17.5 Å². The van der Waals surface area contributed by atoms with E-state index in [-0.39, 0.29) is 12.1 Å². The van der Waals surface area contributed by atoms with Crippen molar-refractivity contribution in [3.63, 3.8) is 0 Å². The van der Waals surface area contributed by atoms with Crippen molar-refractivity contribution in [2.24, 2.45) is 0 Å². The van der Waals surface area contributed by atoms with E-state index >= 15 is 0 Å². The fraction of sp³-hybridized carbons (Fsp3) is 0.143. The van der Waals surface area contributed by atoms with Crippen LogP contribution in [-0.2, 0) is 11.3 Å². The zero-order chi connectivity index (χ0) is 15.5. The largest absolute Gasteiger partial charge is 0.360 e. The van der Waals surface area contributed by atoms with Gasteiger partial charge in [-0.25, -0.2) is 4.68 Å². The molecule has 22 heavy (non-hydrogen) atoms. The number of aryl methyl sites for hydroxylation is 1. The third-order valence-electron chi connectivity index (χ3n) is 2.83. The minimum absolute atomic E-state index is 0.191. The molecule has 7 nitrogen and oxygen atoms in total. The molecule has 0 aliphatic carbocycles. The van der Waals surface area contributed by atoms with Crippen LogP contribution in [0.4, 0.5) is 5.82 Å². The molecule has 0 saturated heterocycles. The number of nitrogens with one attached hydrogen (secondary N) is 1. The van der Waals surface area contributed by atoms with E-state index in [1.165, 1.54) is 17.4 Å².